The zero-order chi connectivity index (χ0) is 13.7. The van der Waals surface area contributed by atoms with Crippen molar-refractivity contribution in [1.29, 1.82) is 0 Å². The molecular weight excluding hydrogens is 294 g/mol. The van der Waals surface area contributed by atoms with Gasteiger partial charge in [0, 0.05) is 18.0 Å². The average Bonchev–Trinajstić information content (AvgIpc) is 2.34. The van der Waals surface area contributed by atoms with E-state index in [4.69, 9.17) is 4.74 Å². The summed E-state index contributed by atoms with van der Waals surface area (Å²) in [5.41, 5.74) is 0.719. The molecule has 3 nitrogen and oxygen atoms in total. The Hall–Kier alpha value is -0.870. The first-order valence-corrected chi connectivity index (χ1v) is 6.83. The van der Waals surface area contributed by atoms with Gasteiger partial charge in [-0.05, 0) is 47.1 Å². The van der Waals surface area contributed by atoms with Gasteiger partial charge in [-0.1, -0.05) is 13.8 Å². The standard InChI is InChI=1S/C14H20BrNO2/c1-9(2)11(8-16-3)14(17)10-5-6-13(18-4)12(15)7-10/h5-7,9,11,16H,8H2,1-4H3. The number of Topliss-reactive ketones (excluding diaryl/α,β-unsaturated/α-hetero) is 1. The van der Waals surface area contributed by atoms with E-state index in [0.29, 0.717) is 12.5 Å². The lowest BCUT2D eigenvalue weighted by atomic mass is 9.88. The number of ketones is 1. The second kappa shape index (κ2) is 6.90. The van der Waals surface area contributed by atoms with Crippen molar-refractivity contribution in [1.82, 2.24) is 5.32 Å². The number of methoxy groups -OCH3 is 1. The molecule has 0 radical (unpaired) electrons. The van der Waals surface area contributed by atoms with Crippen LogP contribution in [-0.4, -0.2) is 26.5 Å². The lowest BCUT2D eigenvalue weighted by Crippen LogP contribution is -2.30. The summed E-state index contributed by atoms with van der Waals surface area (Å²) >= 11 is 3.41. The summed E-state index contributed by atoms with van der Waals surface area (Å²) in [6.45, 7) is 4.83. The Bertz CT molecular complexity index is 418. The third-order valence-electron chi connectivity index (χ3n) is 3.00. The molecule has 0 saturated carbocycles. The second-order valence-electron chi connectivity index (χ2n) is 4.62. The minimum Gasteiger partial charge on any atom is -0.496 e. The smallest absolute Gasteiger partial charge is 0.167 e. The zero-order valence-corrected chi connectivity index (χ0v) is 12.9. The first-order chi connectivity index (χ1) is 8.51. The molecule has 1 N–H and O–H groups in total. The van der Waals surface area contributed by atoms with E-state index in [0.717, 1.165) is 15.8 Å². The fourth-order valence-corrected chi connectivity index (χ4v) is 2.43. The van der Waals surface area contributed by atoms with E-state index in [-0.39, 0.29) is 11.7 Å². The lowest BCUT2D eigenvalue weighted by Gasteiger charge is -2.19. The molecule has 0 amide bonds. The Labute approximate surface area is 117 Å². The van der Waals surface area contributed by atoms with Crippen molar-refractivity contribution in [2.45, 2.75) is 13.8 Å². The van der Waals surface area contributed by atoms with Crippen LogP contribution in [0.4, 0.5) is 0 Å². The summed E-state index contributed by atoms with van der Waals surface area (Å²) < 4.78 is 5.97. The Morgan fingerprint density at radius 2 is 2.11 bits per heavy atom. The van der Waals surface area contributed by atoms with Gasteiger partial charge in [0.05, 0.1) is 11.6 Å². The van der Waals surface area contributed by atoms with Gasteiger partial charge < -0.3 is 10.1 Å². The van der Waals surface area contributed by atoms with Crippen LogP contribution in [-0.2, 0) is 0 Å². The van der Waals surface area contributed by atoms with Gasteiger partial charge in [0.25, 0.3) is 0 Å². The molecular formula is C14H20BrNO2. The van der Waals surface area contributed by atoms with Gasteiger partial charge in [-0.25, -0.2) is 0 Å². The second-order valence-corrected chi connectivity index (χ2v) is 5.48. The quantitative estimate of drug-likeness (QED) is 0.820. The van der Waals surface area contributed by atoms with E-state index < -0.39 is 0 Å². The average molecular weight is 314 g/mol. The maximum Gasteiger partial charge on any atom is 0.167 e. The number of rotatable bonds is 6. The normalized spacial score (nSPS) is 12.6. The fraction of sp³-hybridized carbons (Fsp3) is 0.500. The molecule has 1 rings (SSSR count). The summed E-state index contributed by atoms with van der Waals surface area (Å²) in [4.78, 5) is 12.4. The molecule has 1 atom stereocenters. The summed E-state index contributed by atoms with van der Waals surface area (Å²) in [6, 6.07) is 5.46. The number of carbonyl (C=O) groups excluding carboxylic acids is 1. The topological polar surface area (TPSA) is 38.3 Å². The van der Waals surface area contributed by atoms with Crippen LogP contribution in [0.3, 0.4) is 0 Å². The highest BCUT2D eigenvalue weighted by atomic mass is 79.9. The van der Waals surface area contributed by atoms with Crippen LogP contribution in [0.15, 0.2) is 22.7 Å². The molecule has 0 bridgehead atoms. The summed E-state index contributed by atoms with van der Waals surface area (Å²) in [7, 11) is 3.48. The molecule has 18 heavy (non-hydrogen) atoms. The largest absolute Gasteiger partial charge is 0.496 e. The number of hydrogen-bond donors (Lipinski definition) is 1. The van der Waals surface area contributed by atoms with Gasteiger partial charge in [-0.2, -0.15) is 0 Å². The van der Waals surface area contributed by atoms with Crippen molar-refractivity contribution in [3.05, 3.63) is 28.2 Å². The van der Waals surface area contributed by atoms with Gasteiger partial charge in [-0.15, -0.1) is 0 Å². The number of carbonyl (C=O) groups is 1. The van der Waals surface area contributed by atoms with E-state index in [1.807, 2.05) is 25.2 Å². The number of halogens is 1. The van der Waals surface area contributed by atoms with Crippen molar-refractivity contribution < 1.29 is 9.53 Å². The minimum atomic E-state index is -0.00436. The maximum atomic E-state index is 12.4. The van der Waals surface area contributed by atoms with E-state index >= 15 is 0 Å². The Kier molecular flexibility index (Phi) is 5.82. The Morgan fingerprint density at radius 1 is 1.44 bits per heavy atom. The first-order valence-electron chi connectivity index (χ1n) is 6.03. The van der Waals surface area contributed by atoms with Gasteiger partial charge in [0.15, 0.2) is 5.78 Å². The number of benzene rings is 1. The predicted molar refractivity (Wildman–Crippen MR) is 77.3 cm³/mol. The fourth-order valence-electron chi connectivity index (χ4n) is 1.88. The highest BCUT2D eigenvalue weighted by molar-refractivity contribution is 9.10. The third kappa shape index (κ3) is 3.56. The molecule has 0 saturated heterocycles. The van der Waals surface area contributed by atoms with Gasteiger partial charge >= 0.3 is 0 Å². The molecule has 1 unspecified atom stereocenters. The van der Waals surface area contributed by atoms with Crippen LogP contribution in [0.2, 0.25) is 0 Å². The van der Waals surface area contributed by atoms with Gasteiger partial charge in [0.2, 0.25) is 0 Å². The molecule has 0 fully saturated rings. The SMILES string of the molecule is CNCC(C(=O)c1ccc(OC)c(Br)c1)C(C)C. The Morgan fingerprint density at radius 3 is 2.56 bits per heavy atom. The van der Waals surface area contributed by atoms with Crippen LogP contribution >= 0.6 is 15.9 Å². The first kappa shape index (κ1) is 15.2. The molecule has 0 aliphatic rings. The van der Waals surface area contributed by atoms with Crippen LogP contribution in [0.25, 0.3) is 0 Å². The van der Waals surface area contributed by atoms with E-state index in [2.05, 4.69) is 35.1 Å². The molecule has 0 heterocycles. The number of nitrogens with one attached hydrogen (secondary N) is 1. The summed E-state index contributed by atoms with van der Waals surface area (Å²) in [5.74, 6) is 1.21. The van der Waals surface area contributed by atoms with E-state index in [1.165, 1.54) is 0 Å². The van der Waals surface area contributed by atoms with Crippen molar-refractivity contribution >= 4 is 21.7 Å². The van der Waals surface area contributed by atoms with E-state index in [1.54, 1.807) is 7.11 Å². The molecule has 0 aliphatic heterocycles. The molecule has 0 spiro atoms. The van der Waals surface area contributed by atoms with Crippen LogP contribution < -0.4 is 10.1 Å². The van der Waals surface area contributed by atoms with Crippen molar-refractivity contribution in [2.75, 3.05) is 20.7 Å². The Balaban J connectivity index is 2.98. The van der Waals surface area contributed by atoms with Gasteiger partial charge in [-0.3, -0.25) is 4.79 Å². The molecule has 1 aromatic carbocycles. The van der Waals surface area contributed by atoms with Crippen molar-refractivity contribution in [3.63, 3.8) is 0 Å². The van der Waals surface area contributed by atoms with Crippen LogP contribution in [0, 0.1) is 11.8 Å². The highest BCUT2D eigenvalue weighted by Crippen LogP contribution is 2.27. The number of ether oxygens (including phenoxy) is 1. The van der Waals surface area contributed by atoms with Gasteiger partial charge in [0.1, 0.15) is 5.75 Å². The minimum absolute atomic E-state index is 0.00436. The lowest BCUT2D eigenvalue weighted by molar-refractivity contribution is 0.0886. The van der Waals surface area contributed by atoms with Crippen molar-refractivity contribution in [2.24, 2.45) is 11.8 Å². The molecule has 4 heteroatoms. The monoisotopic (exact) mass is 313 g/mol. The van der Waals surface area contributed by atoms with Crippen molar-refractivity contribution in [3.8, 4) is 5.75 Å². The summed E-state index contributed by atoms with van der Waals surface area (Å²) in [6.07, 6.45) is 0. The highest BCUT2D eigenvalue weighted by Gasteiger charge is 2.23. The molecule has 0 aliphatic carbocycles. The van der Waals surface area contributed by atoms with E-state index in [9.17, 15) is 4.79 Å². The maximum absolute atomic E-state index is 12.4. The molecule has 0 aromatic heterocycles. The third-order valence-corrected chi connectivity index (χ3v) is 3.62. The zero-order valence-electron chi connectivity index (χ0n) is 11.3. The summed E-state index contributed by atoms with van der Waals surface area (Å²) in [5, 5.41) is 3.08. The predicted octanol–water partition coefficient (Wildman–Crippen LogP) is 3.13. The van der Waals surface area contributed by atoms with Crippen LogP contribution in [0.1, 0.15) is 24.2 Å². The molecule has 100 valence electrons. The number of hydrogen-bond acceptors (Lipinski definition) is 3. The van der Waals surface area contributed by atoms with Crippen LogP contribution in [0.5, 0.6) is 5.75 Å². The molecule has 1 aromatic rings.